The fraction of sp³-hybridized carbons (Fsp3) is 0.579. The molecule has 0 heterocycles. The van der Waals surface area contributed by atoms with Crippen LogP contribution in [0.2, 0.25) is 0 Å². The number of thioether (sulfide) groups is 2. The summed E-state index contributed by atoms with van der Waals surface area (Å²) in [5.74, 6) is 0.164. The van der Waals surface area contributed by atoms with Crippen LogP contribution in [0.1, 0.15) is 45.1 Å². The van der Waals surface area contributed by atoms with E-state index in [9.17, 15) is 9.59 Å². The topological polar surface area (TPSA) is 52.6 Å². The lowest BCUT2D eigenvalue weighted by Gasteiger charge is -2.12. The minimum absolute atomic E-state index is 0.198. The van der Waals surface area contributed by atoms with Crippen molar-refractivity contribution in [3.05, 3.63) is 23.8 Å². The van der Waals surface area contributed by atoms with Gasteiger partial charge in [0.25, 0.3) is 0 Å². The lowest BCUT2D eigenvalue weighted by Crippen LogP contribution is -2.09. The average molecular weight is 385 g/mol. The van der Waals surface area contributed by atoms with Crippen molar-refractivity contribution in [3.63, 3.8) is 0 Å². The van der Waals surface area contributed by atoms with E-state index in [0.717, 1.165) is 41.0 Å². The lowest BCUT2D eigenvalue weighted by molar-refractivity contribution is -0.141. The first-order valence-electron chi connectivity index (χ1n) is 8.74. The molecule has 140 valence electrons. The zero-order valence-corrected chi connectivity index (χ0v) is 17.0. The molecule has 0 atom stereocenters. The van der Waals surface area contributed by atoms with Gasteiger partial charge in [0.1, 0.15) is 0 Å². The summed E-state index contributed by atoms with van der Waals surface area (Å²) in [6.07, 6.45) is 3.80. The van der Waals surface area contributed by atoms with Crippen LogP contribution in [0.4, 0.5) is 0 Å². The fourth-order valence-corrected chi connectivity index (χ4v) is 3.96. The van der Waals surface area contributed by atoms with E-state index >= 15 is 0 Å². The van der Waals surface area contributed by atoms with Crippen LogP contribution >= 0.6 is 23.5 Å². The third-order valence-electron chi connectivity index (χ3n) is 3.38. The molecule has 0 aliphatic heterocycles. The molecule has 0 fully saturated rings. The number of carbonyl (C=O) groups excluding carboxylic acids is 2. The molecule has 0 saturated carbocycles. The molecule has 0 bridgehead atoms. The number of aryl methyl sites for hydroxylation is 1. The SMILES string of the molecule is CCCCOC(=O)CSc1cccc(C)c1SCC(=O)OCCCC. The summed E-state index contributed by atoms with van der Waals surface area (Å²) in [6.45, 7) is 7.09. The number of esters is 2. The van der Waals surface area contributed by atoms with Gasteiger partial charge in [0, 0.05) is 9.79 Å². The summed E-state index contributed by atoms with van der Waals surface area (Å²) in [5, 5.41) is 0. The van der Waals surface area contributed by atoms with Gasteiger partial charge in [-0.1, -0.05) is 38.8 Å². The van der Waals surface area contributed by atoms with E-state index in [0.29, 0.717) is 13.2 Å². The maximum atomic E-state index is 11.8. The molecule has 0 saturated heterocycles. The second-order valence-corrected chi connectivity index (χ2v) is 7.63. The first kappa shape index (κ1) is 21.9. The summed E-state index contributed by atoms with van der Waals surface area (Å²) >= 11 is 2.92. The predicted octanol–water partition coefficient (Wildman–Crippen LogP) is 4.87. The molecule has 25 heavy (non-hydrogen) atoms. The van der Waals surface area contributed by atoms with Gasteiger partial charge in [0.15, 0.2) is 0 Å². The van der Waals surface area contributed by atoms with Crippen LogP contribution in [0.15, 0.2) is 28.0 Å². The van der Waals surface area contributed by atoms with Gasteiger partial charge in [-0.3, -0.25) is 9.59 Å². The van der Waals surface area contributed by atoms with Crippen LogP contribution < -0.4 is 0 Å². The van der Waals surface area contributed by atoms with E-state index in [1.165, 1.54) is 23.5 Å². The number of carbonyl (C=O) groups is 2. The lowest BCUT2D eigenvalue weighted by atomic mass is 10.2. The zero-order valence-electron chi connectivity index (χ0n) is 15.3. The quantitative estimate of drug-likeness (QED) is 0.291. The van der Waals surface area contributed by atoms with E-state index in [-0.39, 0.29) is 23.4 Å². The minimum Gasteiger partial charge on any atom is -0.465 e. The van der Waals surface area contributed by atoms with Crippen molar-refractivity contribution in [1.82, 2.24) is 0 Å². The van der Waals surface area contributed by atoms with Gasteiger partial charge in [0.2, 0.25) is 0 Å². The normalized spacial score (nSPS) is 10.5. The Morgan fingerprint density at radius 3 is 2.04 bits per heavy atom. The summed E-state index contributed by atoms with van der Waals surface area (Å²) < 4.78 is 10.4. The molecule has 0 amide bonds. The number of hydrogen-bond acceptors (Lipinski definition) is 6. The van der Waals surface area contributed by atoms with Gasteiger partial charge < -0.3 is 9.47 Å². The number of rotatable bonds is 12. The summed E-state index contributed by atoms with van der Waals surface area (Å²) in [6, 6.07) is 5.94. The second-order valence-electron chi connectivity index (χ2n) is 5.63. The molecule has 1 aromatic carbocycles. The number of unbranched alkanes of at least 4 members (excludes halogenated alkanes) is 2. The fourth-order valence-electron chi connectivity index (χ4n) is 1.94. The van der Waals surface area contributed by atoms with Crippen molar-refractivity contribution >= 4 is 35.5 Å². The van der Waals surface area contributed by atoms with Gasteiger partial charge in [-0.05, 0) is 31.4 Å². The standard InChI is InChI=1S/C19H28O4S2/c1-4-6-11-22-17(20)13-24-16-10-8-9-15(3)19(16)25-14-18(21)23-12-7-5-2/h8-10H,4-7,11-14H2,1-3H3. The molecular weight excluding hydrogens is 356 g/mol. The molecule has 1 rings (SSSR count). The highest BCUT2D eigenvalue weighted by atomic mass is 32.2. The minimum atomic E-state index is -0.199. The van der Waals surface area contributed by atoms with Gasteiger partial charge in [-0.15, -0.1) is 23.5 Å². The van der Waals surface area contributed by atoms with Gasteiger partial charge >= 0.3 is 11.9 Å². The van der Waals surface area contributed by atoms with Crippen LogP contribution in [0.25, 0.3) is 0 Å². The summed E-state index contributed by atoms with van der Waals surface area (Å²) in [7, 11) is 0. The Kier molecular flexibility index (Phi) is 11.5. The zero-order chi connectivity index (χ0) is 18.5. The first-order chi connectivity index (χ1) is 12.1. The molecule has 0 aliphatic rings. The van der Waals surface area contributed by atoms with Crippen molar-refractivity contribution in [1.29, 1.82) is 0 Å². The Balaban J connectivity index is 2.53. The van der Waals surface area contributed by atoms with Crippen molar-refractivity contribution in [3.8, 4) is 0 Å². The monoisotopic (exact) mass is 384 g/mol. The highest BCUT2D eigenvalue weighted by Gasteiger charge is 2.12. The molecule has 0 unspecified atom stereocenters. The Hall–Kier alpha value is -1.14. The highest BCUT2D eigenvalue weighted by molar-refractivity contribution is 8.03. The van der Waals surface area contributed by atoms with Gasteiger partial charge in [0.05, 0.1) is 24.7 Å². The summed E-state index contributed by atoms with van der Waals surface area (Å²) in [5.41, 5.74) is 1.09. The molecule has 1 aromatic rings. The first-order valence-corrected chi connectivity index (χ1v) is 10.7. The highest BCUT2D eigenvalue weighted by Crippen LogP contribution is 2.33. The van der Waals surface area contributed by atoms with E-state index in [1.54, 1.807) is 0 Å². The molecule has 0 radical (unpaired) electrons. The van der Waals surface area contributed by atoms with Crippen molar-refractivity contribution in [2.75, 3.05) is 24.7 Å². The molecule has 0 aromatic heterocycles. The van der Waals surface area contributed by atoms with Crippen molar-refractivity contribution < 1.29 is 19.1 Å². The predicted molar refractivity (Wildman–Crippen MR) is 104 cm³/mol. The van der Waals surface area contributed by atoms with Crippen molar-refractivity contribution in [2.45, 2.75) is 56.2 Å². The molecule has 0 spiro atoms. The maximum Gasteiger partial charge on any atom is 0.316 e. The van der Waals surface area contributed by atoms with Gasteiger partial charge in [-0.2, -0.15) is 0 Å². The van der Waals surface area contributed by atoms with E-state index < -0.39 is 0 Å². The second kappa shape index (κ2) is 13.1. The Labute approximate surface area is 159 Å². The molecule has 0 aliphatic carbocycles. The number of hydrogen-bond donors (Lipinski definition) is 0. The third kappa shape index (κ3) is 9.21. The van der Waals surface area contributed by atoms with Crippen LogP contribution in [0, 0.1) is 6.92 Å². The number of ether oxygens (including phenoxy) is 2. The van der Waals surface area contributed by atoms with E-state index in [1.807, 2.05) is 25.1 Å². The van der Waals surface area contributed by atoms with Gasteiger partial charge in [-0.25, -0.2) is 0 Å². The van der Waals surface area contributed by atoms with Crippen LogP contribution in [0.3, 0.4) is 0 Å². The number of benzene rings is 1. The Morgan fingerprint density at radius 1 is 0.920 bits per heavy atom. The molecule has 0 N–H and O–H groups in total. The molecule has 4 nitrogen and oxygen atoms in total. The molecule has 6 heteroatoms. The maximum absolute atomic E-state index is 11.8. The third-order valence-corrected chi connectivity index (χ3v) is 5.75. The molecular formula is C19H28O4S2. The van der Waals surface area contributed by atoms with Crippen LogP contribution in [0.5, 0.6) is 0 Å². The Bertz CT molecular complexity index is 546. The van der Waals surface area contributed by atoms with Crippen molar-refractivity contribution in [2.24, 2.45) is 0 Å². The van der Waals surface area contributed by atoms with Crippen LogP contribution in [-0.4, -0.2) is 36.7 Å². The average Bonchev–Trinajstić information content (AvgIpc) is 2.59. The van der Waals surface area contributed by atoms with E-state index in [2.05, 4.69) is 13.8 Å². The summed E-state index contributed by atoms with van der Waals surface area (Å²) in [4.78, 5) is 25.6. The largest absolute Gasteiger partial charge is 0.465 e. The van der Waals surface area contributed by atoms with E-state index in [4.69, 9.17) is 9.47 Å². The van der Waals surface area contributed by atoms with Crippen LogP contribution in [-0.2, 0) is 19.1 Å². The smallest absolute Gasteiger partial charge is 0.316 e. The Morgan fingerprint density at radius 2 is 1.48 bits per heavy atom.